The van der Waals surface area contributed by atoms with E-state index in [1.165, 1.54) is 0 Å². The Bertz CT molecular complexity index is 631. The second kappa shape index (κ2) is 3.57. The van der Waals surface area contributed by atoms with Gasteiger partial charge in [-0.1, -0.05) is 30.3 Å². The molecular weight excluding hydrogens is 218 g/mol. The van der Waals surface area contributed by atoms with Crippen LogP contribution in [-0.4, -0.2) is 9.97 Å². The zero-order valence-corrected chi connectivity index (χ0v) is 9.24. The SMILES string of the molecule is Nc1nc(-c2ccccc2)nc2ccsc12. The van der Waals surface area contributed by atoms with Gasteiger partial charge < -0.3 is 5.73 Å². The van der Waals surface area contributed by atoms with Crippen molar-refractivity contribution in [2.75, 3.05) is 5.73 Å². The van der Waals surface area contributed by atoms with Crippen LogP contribution in [0.4, 0.5) is 5.82 Å². The Labute approximate surface area is 96.6 Å². The van der Waals surface area contributed by atoms with Gasteiger partial charge in [0.05, 0.1) is 10.2 Å². The van der Waals surface area contributed by atoms with Crippen LogP contribution in [0.15, 0.2) is 41.8 Å². The molecule has 16 heavy (non-hydrogen) atoms. The molecule has 0 saturated heterocycles. The van der Waals surface area contributed by atoms with Crippen LogP contribution in [0.2, 0.25) is 0 Å². The van der Waals surface area contributed by atoms with Crippen molar-refractivity contribution in [3.8, 4) is 11.4 Å². The molecule has 0 radical (unpaired) electrons. The number of aromatic nitrogens is 2. The molecule has 0 saturated carbocycles. The maximum absolute atomic E-state index is 5.90. The summed E-state index contributed by atoms with van der Waals surface area (Å²) >= 11 is 1.57. The Balaban J connectivity index is 2.25. The summed E-state index contributed by atoms with van der Waals surface area (Å²) in [4.78, 5) is 8.81. The fourth-order valence-electron chi connectivity index (χ4n) is 1.60. The van der Waals surface area contributed by atoms with Crippen molar-refractivity contribution >= 4 is 27.4 Å². The number of anilines is 1. The van der Waals surface area contributed by atoms with Gasteiger partial charge in [-0.2, -0.15) is 0 Å². The third kappa shape index (κ3) is 1.44. The first-order valence-electron chi connectivity index (χ1n) is 4.91. The Hall–Kier alpha value is -1.94. The van der Waals surface area contributed by atoms with Crippen molar-refractivity contribution < 1.29 is 0 Å². The van der Waals surface area contributed by atoms with E-state index < -0.39 is 0 Å². The second-order valence-electron chi connectivity index (χ2n) is 3.43. The van der Waals surface area contributed by atoms with E-state index in [1.807, 2.05) is 41.8 Å². The van der Waals surface area contributed by atoms with Gasteiger partial charge in [-0.15, -0.1) is 11.3 Å². The number of nitrogen functional groups attached to an aromatic ring is 1. The Morgan fingerprint density at radius 1 is 1.00 bits per heavy atom. The number of hydrogen-bond acceptors (Lipinski definition) is 4. The van der Waals surface area contributed by atoms with Gasteiger partial charge in [0.25, 0.3) is 0 Å². The van der Waals surface area contributed by atoms with E-state index in [9.17, 15) is 0 Å². The molecule has 2 heterocycles. The molecule has 78 valence electrons. The molecule has 0 aliphatic carbocycles. The first kappa shape index (κ1) is 9.30. The monoisotopic (exact) mass is 227 g/mol. The fourth-order valence-corrected chi connectivity index (χ4v) is 2.34. The first-order valence-corrected chi connectivity index (χ1v) is 5.79. The highest BCUT2D eigenvalue weighted by Gasteiger charge is 2.07. The van der Waals surface area contributed by atoms with E-state index in [4.69, 9.17) is 5.73 Å². The highest BCUT2D eigenvalue weighted by molar-refractivity contribution is 7.17. The predicted octanol–water partition coefficient (Wildman–Crippen LogP) is 2.94. The third-order valence-corrected chi connectivity index (χ3v) is 3.29. The number of benzene rings is 1. The molecular formula is C12H9N3S. The summed E-state index contributed by atoms with van der Waals surface area (Å²) in [6, 6.07) is 11.8. The molecule has 0 amide bonds. The maximum Gasteiger partial charge on any atom is 0.162 e. The van der Waals surface area contributed by atoms with Crippen molar-refractivity contribution in [1.29, 1.82) is 0 Å². The summed E-state index contributed by atoms with van der Waals surface area (Å²) in [6.07, 6.45) is 0. The lowest BCUT2D eigenvalue weighted by atomic mass is 10.2. The zero-order valence-electron chi connectivity index (χ0n) is 8.42. The molecule has 2 N–H and O–H groups in total. The number of nitrogens with zero attached hydrogens (tertiary/aromatic N) is 2. The zero-order chi connectivity index (χ0) is 11.0. The molecule has 0 atom stereocenters. The van der Waals surface area contributed by atoms with Crippen LogP contribution >= 0.6 is 11.3 Å². The molecule has 0 fully saturated rings. The maximum atomic E-state index is 5.90. The summed E-state index contributed by atoms with van der Waals surface area (Å²) in [5.74, 6) is 1.24. The number of thiophene rings is 1. The number of rotatable bonds is 1. The van der Waals surface area contributed by atoms with Gasteiger partial charge in [-0.3, -0.25) is 0 Å². The van der Waals surface area contributed by atoms with Gasteiger partial charge in [0.15, 0.2) is 5.82 Å². The second-order valence-corrected chi connectivity index (χ2v) is 4.35. The number of fused-ring (bicyclic) bond motifs is 1. The van der Waals surface area contributed by atoms with Gasteiger partial charge >= 0.3 is 0 Å². The number of nitrogens with two attached hydrogens (primary N) is 1. The third-order valence-electron chi connectivity index (χ3n) is 2.36. The van der Waals surface area contributed by atoms with E-state index in [2.05, 4.69) is 9.97 Å². The molecule has 3 rings (SSSR count). The Morgan fingerprint density at radius 3 is 2.62 bits per heavy atom. The highest BCUT2D eigenvalue weighted by atomic mass is 32.1. The summed E-state index contributed by atoms with van der Waals surface area (Å²) in [6.45, 7) is 0. The van der Waals surface area contributed by atoms with Crippen LogP contribution < -0.4 is 5.73 Å². The normalized spacial score (nSPS) is 10.8. The molecule has 1 aromatic carbocycles. The standard InChI is InChI=1S/C12H9N3S/c13-11-10-9(6-7-16-10)14-12(15-11)8-4-2-1-3-5-8/h1-7H,(H2,13,14,15). The van der Waals surface area contributed by atoms with Crippen molar-refractivity contribution in [3.05, 3.63) is 41.8 Å². The average molecular weight is 227 g/mol. The van der Waals surface area contributed by atoms with Gasteiger partial charge in [-0.05, 0) is 11.4 Å². The van der Waals surface area contributed by atoms with E-state index in [1.54, 1.807) is 11.3 Å². The minimum absolute atomic E-state index is 0.554. The molecule has 4 heteroatoms. The Kier molecular flexibility index (Phi) is 2.08. The molecule has 3 aromatic rings. The molecule has 0 spiro atoms. The summed E-state index contributed by atoms with van der Waals surface area (Å²) in [5, 5.41) is 1.98. The molecule has 2 aromatic heterocycles. The fraction of sp³-hybridized carbons (Fsp3) is 0. The van der Waals surface area contributed by atoms with Crippen molar-refractivity contribution in [3.63, 3.8) is 0 Å². The predicted molar refractivity (Wildman–Crippen MR) is 67.3 cm³/mol. The average Bonchev–Trinajstić information content (AvgIpc) is 2.79. The summed E-state index contributed by atoms with van der Waals surface area (Å²) in [7, 11) is 0. The van der Waals surface area contributed by atoms with E-state index in [-0.39, 0.29) is 0 Å². The minimum atomic E-state index is 0.554. The topological polar surface area (TPSA) is 51.8 Å². The smallest absolute Gasteiger partial charge is 0.162 e. The molecule has 0 aliphatic rings. The van der Waals surface area contributed by atoms with Crippen LogP contribution in [0, 0.1) is 0 Å². The van der Waals surface area contributed by atoms with Crippen molar-refractivity contribution in [2.45, 2.75) is 0 Å². The van der Waals surface area contributed by atoms with Gasteiger partial charge in [0.2, 0.25) is 0 Å². The Morgan fingerprint density at radius 2 is 1.81 bits per heavy atom. The molecule has 0 bridgehead atoms. The summed E-state index contributed by atoms with van der Waals surface area (Å²) in [5.41, 5.74) is 7.80. The lowest BCUT2D eigenvalue weighted by Crippen LogP contribution is -1.95. The minimum Gasteiger partial charge on any atom is -0.382 e. The van der Waals surface area contributed by atoms with Crippen LogP contribution in [0.3, 0.4) is 0 Å². The quantitative estimate of drug-likeness (QED) is 0.695. The lowest BCUT2D eigenvalue weighted by Gasteiger charge is -2.01. The van der Waals surface area contributed by atoms with Crippen LogP contribution in [0.1, 0.15) is 0 Å². The van der Waals surface area contributed by atoms with Crippen LogP contribution in [-0.2, 0) is 0 Å². The molecule has 0 aliphatic heterocycles. The first-order chi connectivity index (χ1) is 7.84. The van der Waals surface area contributed by atoms with Crippen molar-refractivity contribution in [1.82, 2.24) is 9.97 Å². The molecule has 0 unspecified atom stereocenters. The summed E-state index contributed by atoms with van der Waals surface area (Å²) < 4.78 is 0.958. The highest BCUT2D eigenvalue weighted by Crippen LogP contribution is 2.26. The molecule has 3 nitrogen and oxygen atoms in total. The van der Waals surface area contributed by atoms with Gasteiger partial charge in [0.1, 0.15) is 5.82 Å². The largest absolute Gasteiger partial charge is 0.382 e. The van der Waals surface area contributed by atoms with Gasteiger partial charge in [-0.25, -0.2) is 9.97 Å². The van der Waals surface area contributed by atoms with E-state index in [0.717, 1.165) is 15.8 Å². The van der Waals surface area contributed by atoms with Crippen LogP contribution in [0.25, 0.3) is 21.6 Å². The van der Waals surface area contributed by atoms with Crippen molar-refractivity contribution in [2.24, 2.45) is 0 Å². The van der Waals surface area contributed by atoms with Gasteiger partial charge in [0, 0.05) is 5.56 Å². The lowest BCUT2D eigenvalue weighted by molar-refractivity contribution is 1.24. The van der Waals surface area contributed by atoms with E-state index in [0.29, 0.717) is 11.6 Å². The van der Waals surface area contributed by atoms with E-state index >= 15 is 0 Å². The number of hydrogen-bond donors (Lipinski definition) is 1. The van der Waals surface area contributed by atoms with Crippen LogP contribution in [0.5, 0.6) is 0 Å².